The molecule has 2 aromatic carbocycles. The topological polar surface area (TPSA) is 66.5 Å². The number of anilines is 1. The predicted octanol–water partition coefficient (Wildman–Crippen LogP) is 4.31. The molecule has 6 heteroatoms. The number of imide groups is 1. The molecule has 0 atom stereocenters. The van der Waals surface area contributed by atoms with E-state index in [1.54, 1.807) is 30.3 Å². The third-order valence-corrected chi connectivity index (χ3v) is 4.69. The van der Waals surface area contributed by atoms with Gasteiger partial charge < -0.3 is 5.32 Å². The summed E-state index contributed by atoms with van der Waals surface area (Å²) in [5.74, 6) is -0.865. The molecule has 0 aromatic heterocycles. The summed E-state index contributed by atoms with van der Waals surface area (Å²) in [5, 5.41) is 2.23. The molecule has 0 radical (unpaired) electrons. The van der Waals surface area contributed by atoms with Crippen LogP contribution in [0.1, 0.15) is 12.5 Å². The lowest BCUT2D eigenvalue weighted by molar-refractivity contribution is -0.127. The van der Waals surface area contributed by atoms with Crippen LogP contribution in [0.15, 0.2) is 77.2 Å². The number of hydrogen-bond acceptors (Lipinski definition) is 4. The third kappa shape index (κ3) is 4.95. The molecule has 1 saturated heterocycles. The van der Waals surface area contributed by atoms with Crippen molar-refractivity contribution < 1.29 is 14.4 Å². The molecule has 3 rings (SSSR count). The number of rotatable bonds is 5. The van der Waals surface area contributed by atoms with Crippen LogP contribution < -0.4 is 5.32 Å². The van der Waals surface area contributed by atoms with Gasteiger partial charge in [0.2, 0.25) is 5.91 Å². The van der Waals surface area contributed by atoms with Gasteiger partial charge >= 0.3 is 0 Å². The standard InChI is InChI=1S/C21H18N2O3S/c1-15(12-16-8-4-2-5-9-16)13-18-20(25)23(21(26)27-18)14-19(24)22-17-10-6-3-7-11-17/h2-13H,14H2,1H3,(H,22,24)/b15-12+,18-13+. The third-order valence-electron chi connectivity index (χ3n) is 3.79. The van der Waals surface area contributed by atoms with Crippen LogP contribution >= 0.6 is 11.8 Å². The van der Waals surface area contributed by atoms with Gasteiger partial charge in [0.15, 0.2) is 0 Å². The van der Waals surface area contributed by atoms with Crippen molar-refractivity contribution in [2.45, 2.75) is 6.92 Å². The number of nitrogens with one attached hydrogen (secondary N) is 1. The highest BCUT2D eigenvalue weighted by molar-refractivity contribution is 8.18. The molecule has 2 aromatic rings. The Morgan fingerprint density at radius 1 is 1.04 bits per heavy atom. The number of amides is 3. The average Bonchev–Trinajstić information content (AvgIpc) is 2.90. The second kappa shape index (κ2) is 8.51. The van der Waals surface area contributed by atoms with Gasteiger partial charge in [-0.3, -0.25) is 19.3 Å². The number of carbonyl (C=O) groups excluding carboxylic acids is 3. The van der Waals surface area contributed by atoms with Gasteiger partial charge in [-0.25, -0.2) is 0 Å². The molecule has 3 amide bonds. The number of carbonyl (C=O) groups is 3. The van der Waals surface area contributed by atoms with Crippen molar-refractivity contribution in [3.8, 4) is 0 Å². The quantitative estimate of drug-likeness (QED) is 0.788. The fourth-order valence-electron chi connectivity index (χ4n) is 2.56. The van der Waals surface area contributed by atoms with E-state index in [9.17, 15) is 14.4 Å². The Labute approximate surface area is 161 Å². The number of nitrogens with zero attached hydrogens (tertiary/aromatic N) is 1. The van der Waals surface area contributed by atoms with Gasteiger partial charge in [-0.1, -0.05) is 54.6 Å². The second-order valence-electron chi connectivity index (χ2n) is 5.98. The van der Waals surface area contributed by atoms with Crippen LogP contribution in [0, 0.1) is 0 Å². The number of para-hydroxylation sites is 1. The molecular formula is C21H18N2O3S. The highest BCUT2D eigenvalue weighted by Crippen LogP contribution is 2.31. The molecule has 0 unspecified atom stereocenters. The van der Waals surface area contributed by atoms with E-state index in [1.165, 1.54) is 0 Å². The summed E-state index contributed by atoms with van der Waals surface area (Å²) in [5.41, 5.74) is 2.47. The maximum absolute atomic E-state index is 12.5. The number of allylic oxidation sites excluding steroid dienone is 2. The van der Waals surface area contributed by atoms with Gasteiger partial charge in [-0.2, -0.15) is 0 Å². The Morgan fingerprint density at radius 3 is 2.33 bits per heavy atom. The molecule has 0 spiro atoms. The monoisotopic (exact) mass is 378 g/mol. The van der Waals surface area contributed by atoms with Crippen molar-refractivity contribution in [1.82, 2.24) is 4.90 Å². The van der Waals surface area contributed by atoms with Crippen molar-refractivity contribution in [2.75, 3.05) is 11.9 Å². The molecule has 27 heavy (non-hydrogen) atoms. The molecule has 1 aliphatic rings. The van der Waals surface area contributed by atoms with Gasteiger partial charge in [0.05, 0.1) is 4.91 Å². The summed E-state index contributed by atoms with van der Waals surface area (Å²) in [6, 6.07) is 18.6. The molecule has 1 heterocycles. The molecule has 0 saturated carbocycles. The van der Waals surface area contributed by atoms with E-state index in [-0.39, 0.29) is 6.54 Å². The first kappa shape index (κ1) is 18.7. The lowest BCUT2D eigenvalue weighted by atomic mass is 10.1. The van der Waals surface area contributed by atoms with Crippen LogP contribution in [0.2, 0.25) is 0 Å². The molecule has 0 aliphatic carbocycles. The van der Waals surface area contributed by atoms with Gasteiger partial charge in [0.1, 0.15) is 6.54 Å². The van der Waals surface area contributed by atoms with E-state index >= 15 is 0 Å². The van der Waals surface area contributed by atoms with E-state index in [0.29, 0.717) is 10.6 Å². The summed E-state index contributed by atoms with van der Waals surface area (Å²) in [4.78, 5) is 38.1. The highest BCUT2D eigenvalue weighted by atomic mass is 32.2. The van der Waals surface area contributed by atoms with Crippen molar-refractivity contribution in [3.05, 3.63) is 82.8 Å². The van der Waals surface area contributed by atoms with Crippen LogP contribution in [0.25, 0.3) is 6.08 Å². The van der Waals surface area contributed by atoms with Crippen LogP contribution in [-0.4, -0.2) is 28.5 Å². The molecule has 5 nitrogen and oxygen atoms in total. The molecule has 0 bridgehead atoms. The second-order valence-corrected chi connectivity index (χ2v) is 6.97. The number of thioether (sulfide) groups is 1. The summed E-state index contributed by atoms with van der Waals surface area (Å²) < 4.78 is 0. The first-order valence-electron chi connectivity index (χ1n) is 8.36. The lowest BCUT2D eigenvalue weighted by Crippen LogP contribution is -2.36. The Hall–Kier alpha value is -3.12. The summed E-state index contributed by atoms with van der Waals surface area (Å²) in [7, 11) is 0. The first-order chi connectivity index (χ1) is 13.0. The van der Waals surface area contributed by atoms with Crippen molar-refractivity contribution in [3.63, 3.8) is 0 Å². The summed E-state index contributed by atoms with van der Waals surface area (Å²) >= 11 is 0.847. The maximum atomic E-state index is 12.5. The normalized spacial score (nSPS) is 16.1. The molecule has 1 N–H and O–H groups in total. The largest absolute Gasteiger partial charge is 0.325 e. The van der Waals surface area contributed by atoms with Crippen LogP contribution in [0.5, 0.6) is 0 Å². The van der Waals surface area contributed by atoms with Gasteiger partial charge in [-0.15, -0.1) is 0 Å². The molecule has 1 fully saturated rings. The Morgan fingerprint density at radius 2 is 1.67 bits per heavy atom. The summed E-state index contributed by atoms with van der Waals surface area (Å²) in [6.45, 7) is 1.56. The van der Waals surface area contributed by atoms with Crippen molar-refractivity contribution >= 4 is 40.6 Å². The minimum Gasteiger partial charge on any atom is -0.325 e. The number of hydrogen-bond donors (Lipinski definition) is 1. The maximum Gasteiger partial charge on any atom is 0.294 e. The van der Waals surface area contributed by atoms with Crippen LogP contribution in [0.3, 0.4) is 0 Å². The molecular weight excluding hydrogens is 360 g/mol. The van der Waals surface area contributed by atoms with Gasteiger partial charge in [0, 0.05) is 5.69 Å². The van der Waals surface area contributed by atoms with E-state index < -0.39 is 17.1 Å². The predicted molar refractivity (Wildman–Crippen MR) is 108 cm³/mol. The van der Waals surface area contributed by atoms with Gasteiger partial charge in [0.25, 0.3) is 11.1 Å². The summed E-state index contributed by atoms with van der Waals surface area (Å²) in [6.07, 6.45) is 3.60. The molecule has 136 valence electrons. The highest BCUT2D eigenvalue weighted by Gasteiger charge is 2.36. The Kier molecular flexibility index (Phi) is 5.88. The van der Waals surface area contributed by atoms with Gasteiger partial charge in [-0.05, 0) is 48.0 Å². The Bertz CT molecular complexity index is 921. The number of benzene rings is 2. The zero-order valence-corrected chi connectivity index (χ0v) is 15.5. The van der Waals surface area contributed by atoms with Crippen LogP contribution in [-0.2, 0) is 9.59 Å². The van der Waals surface area contributed by atoms with Crippen molar-refractivity contribution in [1.29, 1.82) is 0 Å². The fourth-order valence-corrected chi connectivity index (χ4v) is 3.45. The first-order valence-corrected chi connectivity index (χ1v) is 9.18. The SMILES string of the molecule is CC(=C\c1ccccc1)/C=C1/SC(=O)N(CC(=O)Nc2ccccc2)C1=O. The minimum absolute atomic E-state index is 0.307. The minimum atomic E-state index is -0.450. The van der Waals surface area contributed by atoms with Crippen molar-refractivity contribution in [2.24, 2.45) is 0 Å². The van der Waals surface area contributed by atoms with E-state index in [2.05, 4.69) is 5.32 Å². The van der Waals surface area contributed by atoms with E-state index in [1.807, 2.05) is 49.4 Å². The lowest BCUT2D eigenvalue weighted by Gasteiger charge is -2.12. The van der Waals surface area contributed by atoms with Crippen LogP contribution in [0.4, 0.5) is 10.5 Å². The average molecular weight is 378 g/mol. The molecule has 1 aliphatic heterocycles. The smallest absolute Gasteiger partial charge is 0.294 e. The van der Waals surface area contributed by atoms with E-state index in [4.69, 9.17) is 0 Å². The zero-order valence-electron chi connectivity index (χ0n) is 14.7. The Balaban J connectivity index is 1.67. The fraction of sp³-hybridized carbons (Fsp3) is 0.0952. The van der Waals surface area contributed by atoms with E-state index in [0.717, 1.165) is 27.8 Å². The zero-order chi connectivity index (χ0) is 19.2.